The highest BCUT2D eigenvalue weighted by Gasteiger charge is 2.25. The fourth-order valence-electron chi connectivity index (χ4n) is 3.31. The van der Waals surface area contributed by atoms with E-state index in [1.54, 1.807) is 6.92 Å². The Morgan fingerprint density at radius 1 is 1.14 bits per heavy atom. The second-order valence-electron chi connectivity index (χ2n) is 6.45. The largest absolute Gasteiger partial charge is 0.462 e. The summed E-state index contributed by atoms with van der Waals surface area (Å²) >= 11 is 0. The Kier molecular flexibility index (Phi) is 5.19. The molecule has 142 valence electrons. The summed E-state index contributed by atoms with van der Waals surface area (Å²) in [5, 5.41) is 3.32. The van der Waals surface area contributed by atoms with Gasteiger partial charge < -0.3 is 14.6 Å². The van der Waals surface area contributed by atoms with E-state index in [0.29, 0.717) is 24.2 Å². The van der Waals surface area contributed by atoms with Crippen molar-refractivity contribution < 1.29 is 9.53 Å². The van der Waals surface area contributed by atoms with Crippen molar-refractivity contribution in [3.8, 4) is 11.4 Å². The van der Waals surface area contributed by atoms with Gasteiger partial charge in [0.25, 0.3) is 0 Å². The van der Waals surface area contributed by atoms with E-state index < -0.39 is 5.97 Å². The maximum Gasteiger partial charge on any atom is 0.345 e. The van der Waals surface area contributed by atoms with E-state index in [1.807, 2.05) is 65.2 Å². The van der Waals surface area contributed by atoms with E-state index in [9.17, 15) is 4.79 Å². The number of carbonyl (C=O) groups excluding carboxylic acids is 1. The topological polar surface area (TPSA) is 68.5 Å². The molecule has 0 radical (unpaired) electrons. The van der Waals surface area contributed by atoms with E-state index >= 15 is 0 Å². The highest BCUT2D eigenvalue weighted by molar-refractivity contribution is 5.95. The van der Waals surface area contributed by atoms with Crippen molar-refractivity contribution in [3.05, 3.63) is 77.3 Å². The van der Waals surface area contributed by atoms with Gasteiger partial charge in [0.15, 0.2) is 5.49 Å². The third-order valence-electron chi connectivity index (χ3n) is 4.59. The lowest BCUT2D eigenvalue weighted by Gasteiger charge is -2.14. The third kappa shape index (κ3) is 3.53. The molecule has 0 fully saturated rings. The Bertz CT molecular complexity index is 1040. The van der Waals surface area contributed by atoms with Crippen LogP contribution in [-0.4, -0.2) is 28.7 Å². The monoisotopic (exact) mass is 374 g/mol. The fraction of sp³-hybridized carbons (Fsp3) is 0.227. The van der Waals surface area contributed by atoms with Crippen LogP contribution in [0.25, 0.3) is 11.4 Å². The molecule has 2 heterocycles. The number of aromatic nitrogens is 2. The highest BCUT2D eigenvalue weighted by atomic mass is 16.5. The summed E-state index contributed by atoms with van der Waals surface area (Å²) in [7, 11) is 0. The molecule has 0 saturated heterocycles. The van der Waals surface area contributed by atoms with E-state index in [2.05, 4.69) is 10.3 Å². The number of carbonyl (C=O) groups is 1. The average Bonchev–Trinajstić information content (AvgIpc) is 3.22. The van der Waals surface area contributed by atoms with E-state index in [-0.39, 0.29) is 0 Å². The van der Waals surface area contributed by atoms with Gasteiger partial charge in [-0.3, -0.25) is 4.99 Å². The van der Waals surface area contributed by atoms with Crippen molar-refractivity contribution in [2.45, 2.75) is 20.0 Å². The summed E-state index contributed by atoms with van der Waals surface area (Å²) in [6.45, 7) is 4.01. The van der Waals surface area contributed by atoms with Gasteiger partial charge in [-0.25, -0.2) is 9.78 Å². The highest BCUT2D eigenvalue weighted by Crippen LogP contribution is 2.25. The Balaban J connectivity index is 1.90. The number of nitrogens with one attached hydrogen (secondary N) is 1. The van der Waals surface area contributed by atoms with Crippen LogP contribution in [-0.2, 0) is 17.8 Å². The molecule has 0 amide bonds. The zero-order chi connectivity index (χ0) is 19.3. The maximum absolute atomic E-state index is 12.7. The lowest BCUT2D eigenvalue weighted by Crippen LogP contribution is -2.26. The van der Waals surface area contributed by atoms with Gasteiger partial charge in [0.1, 0.15) is 17.2 Å². The summed E-state index contributed by atoms with van der Waals surface area (Å²) in [5.74, 6) is 1.11. The van der Waals surface area contributed by atoms with Crippen LogP contribution in [0.5, 0.6) is 0 Å². The summed E-state index contributed by atoms with van der Waals surface area (Å²) < 4.78 is 7.33. The summed E-state index contributed by atoms with van der Waals surface area (Å²) in [6.07, 6.45) is 0. The third-order valence-corrected chi connectivity index (χ3v) is 4.59. The molecule has 3 aromatic rings. The number of esters is 1. The minimum atomic E-state index is -0.403. The molecule has 0 atom stereocenters. The first kappa shape index (κ1) is 18.0. The number of nitrogens with zero attached hydrogens (tertiary/aromatic N) is 3. The van der Waals surface area contributed by atoms with Crippen molar-refractivity contribution in [1.29, 1.82) is 0 Å². The van der Waals surface area contributed by atoms with E-state index in [1.165, 1.54) is 0 Å². The SMILES string of the molecule is CCOC(=O)c1c2n(c(-c3ccccc3)nc1=NCc1ccccc1)CCN2. The zero-order valence-corrected chi connectivity index (χ0v) is 15.8. The molecule has 1 aliphatic heterocycles. The van der Waals surface area contributed by atoms with Gasteiger partial charge in [0, 0.05) is 18.7 Å². The molecule has 28 heavy (non-hydrogen) atoms. The molecular formula is C22H22N4O2. The second-order valence-corrected chi connectivity index (χ2v) is 6.45. The smallest absolute Gasteiger partial charge is 0.345 e. The molecule has 0 saturated carbocycles. The number of fused-ring (bicyclic) bond motifs is 1. The first-order chi connectivity index (χ1) is 13.8. The van der Waals surface area contributed by atoms with E-state index in [0.717, 1.165) is 35.9 Å². The molecule has 6 heteroatoms. The van der Waals surface area contributed by atoms with Gasteiger partial charge in [0.05, 0.1) is 13.2 Å². The molecule has 1 aromatic heterocycles. The number of anilines is 1. The molecule has 4 rings (SSSR count). The standard InChI is InChI=1S/C22H22N4O2/c1-2-28-22(27)18-19(24-15-16-9-5-3-6-10-16)25-20(17-11-7-4-8-12-17)26-14-13-23-21(18)26/h3-12,23H,2,13-15H2,1H3. The summed E-state index contributed by atoms with van der Waals surface area (Å²) in [6, 6.07) is 19.9. The lowest BCUT2D eigenvalue weighted by molar-refractivity contribution is 0.0524. The van der Waals surface area contributed by atoms with Gasteiger partial charge in [-0.15, -0.1) is 0 Å². The number of hydrogen-bond donors (Lipinski definition) is 1. The van der Waals surface area contributed by atoms with Crippen molar-refractivity contribution >= 4 is 11.8 Å². The van der Waals surface area contributed by atoms with Crippen molar-refractivity contribution in [1.82, 2.24) is 9.55 Å². The van der Waals surface area contributed by atoms with Crippen LogP contribution in [0.2, 0.25) is 0 Å². The normalized spacial score (nSPS) is 13.1. The zero-order valence-electron chi connectivity index (χ0n) is 15.8. The van der Waals surface area contributed by atoms with Crippen LogP contribution in [0.1, 0.15) is 22.8 Å². The van der Waals surface area contributed by atoms with Gasteiger partial charge in [0.2, 0.25) is 0 Å². The number of ether oxygens (including phenoxy) is 1. The Hall–Kier alpha value is -3.41. The molecule has 2 aromatic carbocycles. The first-order valence-electron chi connectivity index (χ1n) is 9.43. The predicted molar refractivity (Wildman–Crippen MR) is 108 cm³/mol. The summed E-state index contributed by atoms with van der Waals surface area (Å²) in [4.78, 5) is 22.2. The van der Waals surface area contributed by atoms with Gasteiger partial charge in [-0.1, -0.05) is 60.7 Å². The molecule has 6 nitrogen and oxygen atoms in total. The lowest BCUT2D eigenvalue weighted by atomic mass is 10.2. The Morgan fingerprint density at radius 3 is 2.57 bits per heavy atom. The van der Waals surface area contributed by atoms with Crippen molar-refractivity contribution in [2.24, 2.45) is 4.99 Å². The summed E-state index contributed by atoms with van der Waals surface area (Å²) in [5.41, 5.74) is 2.84. The van der Waals surface area contributed by atoms with Crippen LogP contribution in [0.3, 0.4) is 0 Å². The van der Waals surface area contributed by atoms with Crippen LogP contribution in [0, 0.1) is 0 Å². The van der Waals surface area contributed by atoms with Gasteiger partial charge in [-0.2, -0.15) is 0 Å². The van der Waals surface area contributed by atoms with Gasteiger partial charge >= 0.3 is 5.97 Å². The Labute approximate surface area is 163 Å². The first-order valence-corrected chi connectivity index (χ1v) is 9.43. The van der Waals surface area contributed by atoms with Crippen molar-refractivity contribution in [3.63, 3.8) is 0 Å². The fourth-order valence-corrected chi connectivity index (χ4v) is 3.31. The molecule has 0 aliphatic carbocycles. The minimum absolute atomic E-state index is 0.302. The maximum atomic E-state index is 12.7. The molecule has 0 bridgehead atoms. The van der Waals surface area contributed by atoms with Crippen LogP contribution in [0.4, 0.5) is 5.82 Å². The number of hydrogen-bond acceptors (Lipinski definition) is 5. The predicted octanol–water partition coefficient (Wildman–Crippen LogP) is 3.25. The van der Waals surface area contributed by atoms with Crippen LogP contribution in [0.15, 0.2) is 65.7 Å². The number of benzene rings is 2. The molecule has 0 unspecified atom stereocenters. The molecule has 1 aliphatic rings. The molecule has 0 spiro atoms. The quantitative estimate of drug-likeness (QED) is 0.696. The Morgan fingerprint density at radius 2 is 1.86 bits per heavy atom. The number of rotatable bonds is 5. The molecular weight excluding hydrogens is 352 g/mol. The minimum Gasteiger partial charge on any atom is -0.462 e. The van der Waals surface area contributed by atoms with Gasteiger partial charge in [-0.05, 0) is 12.5 Å². The second kappa shape index (κ2) is 8.08. The average molecular weight is 374 g/mol. The van der Waals surface area contributed by atoms with E-state index in [4.69, 9.17) is 9.72 Å². The molecule has 1 N–H and O–H groups in total. The van der Waals surface area contributed by atoms with Crippen LogP contribution >= 0.6 is 0 Å². The van der Waals surface area contributed by atoms with Crippen molar-refractivity contribution in [2.75, 3.05) is 18.5 Å². The van der Waals surface area contributed by atoms with Crippen LogP contribution < -0.4 is 10.8 Å².